The number of ether oxygens (including phenoxy) is 2. The van der Waals surface area contributed by atoms with Crippen LogP contribution in [0.5, 0.6) is 0 Å². The minimum Gasteiger partial charge on any atom is -0.379 e. The molecule has 3 aromatic rings. The summed E-state index contributed by atoms with van der Waals surface area (Å²) in [4.78, 5) is 38.3. The van der Waals surface area contributed by atoms with Gasteiger partial charge in [-0.05, 0) is 75.4 Å². The average molecular weight is 574 g/mol. The molecule has 9 heteroatoms. The summed E-state index contributed by atoms with van der Waals surface area (Å²) in [6, 6.07) is 11.8. The molecule has 0 aliphatic carbocycles. The molecule has 5 rings (SSSR count). The van der Waals surface area contributed by atoms with E-state index in [-0.39, 0.29) is 17.7 Å². The van der Waals surface area contributed by atoms with Crippen molar-refractivity contribution in [3.8, 4) is 11.1 Å². The highest BCUT2D eigenvalue weighted by atomic mass is 16.5. The van der Waals surface area contributed by atoms with Crippen molar-refractivity contribution in [3.63, 3.8) is 0 Å². The van der Waals surface area contributed by atoms with Crippen LogP contribution in [0.3, 0.4) is 0 Å². The van der Waals surface area contributed by atoms with Crippen molar-refractivity contribution >= 4 is 11.6 Å². The van der Waals surface area contributed by atoms with Crippen molar-refractivity contribution in [1.82, 2.24) is 14.9 Å². The summed E-state index contributed by atoms with van der Waals surface area (Å²) in [6.45, 7) is 13.1. The first-order valence-electron chi connectivity index (χ1n) is 15.0. The Morgan fingerprint density at radius 3 is 2.64 bits per heavy atom. The Bertz CT molecular complexity index is 1480. The van der Waals surface area contributed by atoms with Gasteiger partial charge in [0.15, 0.2) is 0 Å². The van der Waals surface area contributed by atoms with Crippen LogP contribution in [0.4, 0.5) is 5.69 Å². The monoisotopic (exact) mass is 573 g/mol. The van der Waals surface area contributed by atoms with Crippen molar-refractivity contribution in [2.75, 3.05) is 37.8 Å². The molecule has 2 fully saturated rings. The van der Waals surface area contributed by atoms with Gasteiger partial charge in [-0.1, -0.05) is 19.1 Å². The zero-order valence-electron chi connectivity index (χ0n) is 25.2. The van der Waals surface area contributed by atoms with E-state index < -0.39 is 5.91 Å². The number of carbonyl (C=O) groups is 1. The summed E-state index contributed by atoms with van der Waals surface area (Å²) in [5, 5.41) is 0. The van der Waals surface area contributed by atoms with Crippen LogP contribution in [-0.2, 0) is 22.6 Å². The fourth-order valence-corrected chi connectivity index (χ4v) is 6.29. The maximum Gasteiger partial charge on any atom is 0.253 e. The number of amides is 1. The second-order valence-electron chi connectivity index (χ2n) is 11.6. The van der Waals surface area contributed by atoms with E-state index >= 15 is 0 Å². The van der Waals surface area contributed by atoms with Crippen LogP contribution < -0.4 is 16.2 Å². The number of H-pyrrole nitrogens is 1. The highest BCUT2D eigenvalue weighted by Crippen LogP contribution is 2.38. The Morgan fingerprint density at radius 1 is 1.14 bits per heavy atom. The van der Waals surface area contributed by atoms with Gasteiger partial charge in [0.2, 0.25) is 5.91 Å². The molecule has 1 aromatic carbocycles. The maximum absolute atomic E-state index is 13.3. The van der Waals surface area contributed by atoms with E-state index in [0.29, 0.717) is 38.5 Å². The second kappa shape index (κ2) is 13.2. The fraction of sp³-hybridized carbons (Fsp3) is 0.485. The third-order valence-electron chi connectivity index (χ3n) is 8.53. The van der Waals surface area contributed by atoms with Crippen LogP contribution in [0.25, 0.3) is 11.1 Å². The van der Waals surface area contributed by atoms with Crippen LogP contribution in [0.1, 0.15) is 64.8 Å². The van der Waals surface area contributed by atoms with Crippen molar-refractivity contribution < 1.29 is 14.3 Å². The number of aryl methyl sites for hydroxylation is 3. The molecule has 0 saturated carbocycles. The van der Waals surface area contributed by atoms with Gasteiger partial charge in [-0.2, -0.15) is 0 Å². The van der Waals surface area contributed by atoms with Crippen molar-refractivity contribution in [1.29, 1.82) is 0 Å². The highest BCUT2D eigenvalue weighted by Gasteiger charge is 2.31. The normalized spacial score (nSPS) is 19.5. The van der Waals surface area contributed by atoms with Crippen LogP contribution in [-0.4, -0.2) is 65.8 Å². The first-order valence-corrected chi connectivity index (χ1v) is 15.0. The topological polar surface area (TPSA) is 114 Å². The first-order chi connectivity index (χ1) is 20.2. The lowest BCUT2D eigenvalue weighted by Crippen LogP contribution is -2.43. The number of aromatic amines is 1. The van der Waals surface area contributed by atoms with Gasteiger partial charge in [0.05, 0.1) is 25.0 Å². The van der Waals surface area contributed by atoms with E-state index in [9.17, 15) is 9.59 Å². The standard InChI is InChI=1S/C33H43N5O4/c1-5-28-18-27(9-12-42-28)38(20-29-21(2)15-22(3)35-33(29)40)30-17-26(19-37-10-13-41-14-11-37)36-23(4)31(30)24-7-6-8-25(16-24)32(34)39/h6-8,15-17,27-28H,5,9-14,18-20H2,1-4H3,(H2,34,39)(H,35,40). The molecular formula is C33H43N5O4. The lowest BCUT2D eigenvalue weighted by molar-refractivity contribution is 0.00452. The molecular weight excluding hydrogens is 530 g/mol. The number of nitrogens with two attached hydrogens (primary N) is 1. The number of pyridine rings is 2. The van der Waals surface area contributed by atoms with Gasteiger partial charge in [0.25, 0.3) is 5.56 Å². The number of nitrogens with zero attached hydrogens (tertiary/aromatic N) is 3. The molecule has 2 aromatic heterocycles. The van der Waals surface area contributed by atoms with Crippen LogP contribution in [0, 0.1) is 20.8 Å². The highest BCUT2D eigenvalue weighted by molar-refractivity contribution is 5.95. The number of nitrogens with one attached hydrogen (secondary N) is 1. The number of hydrogen-bond acceptors (Lipinski definition) is 7. The van der Waals surface area contributed by atoms with Gasteiger partial charge in [-0.25, -0.2) is 0 Å². The number of primary amides is 1. The molecule has 2 saturated heterocycles. The summed E-state index contributed by atoms with van der Waals surface area (Å²) in [5.74, 6) is -0.471. The Hall–Kier alpha value is -3.53. The Morgan fingerprint density at radius 2 is 1.93 bits per heavy atom. The summed E-state index contributed by atoms with van der Waals surface area (Å²) < 4.78 is 11.7. The number of anilines is 1. The predicted octanol–water partition coefficient (Wildman–Crippen LogP) is 4.26. The van der Waals surface area contributed by atoms with Gasteiger partial charge in [-0.15, -0.1) is 0 Å². The number of aromatic nitrogens is 2. The smallest absolute Gasteiger partial charge is 0.253 e. The largest absolute Gasteiger partial charge is 0.379 e. The number of morpholine rings is 1. The summed E-state index contributed by atoms with van der Waals surface area (Å²) in [6.07, 6.45) is 2.79. The Kier molecular flexibility index (Phi) is 9.40. The SMILES string of the molecule is CCC1CC(N(Cc2c(C)cc(C)[nH]c2=O)c2cc(CN3CCOCC3)nc(C)c2-c2cccc(C(N)=O)c2)CCO1. The van der Waals surface area contributed by atoms with E-state index in [4.69, 9.17) is 20.2 Å². The van der Waals surface area contributed by atoms with Crippen molar-refractivity contribution in [2.24, 2.45) is 5.73 Å². The molecule has 2 atom stereocenters. The molecule has 3 N–H and O–H groups in total. The van der Waals surface area contributed by atoms with Gasteiger partial charge in [-0.3, -0.25) is 19.5 Å². The van der Waals surface area contributed by atoms with E-state index in [1.165, 1.54) is 0 Å². The zero-order valence-corrected chi connectivity index (χ0v) is 25.2. The third-order valence-corrected chi connectivity index (χ3v) is 8.53. The second-order valence-corrected chi connectivity index (χ2v) is 11.6. The zero-order chi connectivity index (χ0) is 29.8. The minimum absolute atomic E-state index is 0.0619. The molecule has 0 bridgehead atoms. The average Bonchev–Trinajstić information content (AvgIpc) is 2.97. The fourth-order valence-electron chi connectivity index (χ4n) is 6.29. The lowest BCUT2D eigenvalue weighted by Gasteiger charge is -2.40. The number of benzene rings is 1. The van der Waals surface area contributed by atoms with E-state index in [1.54, 1.807) is 6.07 Å². The van der Waals surface area contributed by atoms with Gasteiger partial charge in [0, 0.05) is 72.6 Å². The molecule has 0 radical (unpaired) electrons. The summed E-state index contributed by atoms with van der Waals surface area (Å²) in [5.41, 5.74) is 13.3. The number of carbonyl (C=O) groups excluding carboxylic acids is 1. The van der Waals surface area contributed by atoms with Gasteiger partial charge in [0.1, 0.15) is 0 Å². The Balaban J connectivity index is 1.68. The molecule has 0 spiro atoms. The molecule has 2 aliphatic heterocycles. The number of rotatable bonds is 9. The quantitative estimate of drug-likeness (QED) is 0.393. The molecule has 224 valence electrons. The van der Waals surface area contributed by atoms with E-state index in [1.807, 2.05) is 45.0 Å². The molecule has 4 heterocycles. The predicted molar refractivity (Wildman–Crippen MR) is 165 cm³/mol. The Labute approximate surface area is 248 Å². The van der Waals surface area contributed by atoms with E-state index in [0.717, 1.165) is 77.4 Å². The first kappa shape index (κ1) is 29.9. The summed E-state index contributed by atoms with van der Waals surface area (Å²) >= 11 is 0. The van der Waals surface area contributed by atoms with Crippen LogP contribution in [0.15, 0.2) is 41.2 Å². The molecule has 42 heavy (non-hydrogen) atoms. The third kappa shape index (κ3) is 6.75. The molecule has 2 unspecified atom stereocenters. The maximum atomic E-state index is 13.3. The van der Waals surface area contributed by atoms with Crippen LogP contribution >= 0.6 is 0 Å². The van der Waals surface area contributed by atoms with Gasteiger partial charge >= 0.3 is 0 Å². The molecule has 9 nitrogen and oxygen atoms in total. The van der Waals surface area contributed by atoms with Crippen molar-refractivity contribution in [3.05, 3.63) is 80.5 Å². The minimum atomic E-state index is -0.471. The molecule has 1 amide bonds. The summed E-state index contributed by atoms with van der Waals surface area (Å²) in [7, 11) is 0. The van der Waals surface area contributed by atoms with Gasteiger partial charge < -0.3 is 25.1 Å². The molecule has 2 aliphatic rings. The van der Waals surface area contributed by atoms with Crippen molar-refractivity contribution in [2.45, 2.75) is 72.2 Å². The van der Waals surface area contributed by atoms with E-state index in [2.05, 4.69) is 27.8 Å². The number of hydrogen-bond donors (Lipinski definition) is 2. The lowest BCUT2D eigenvalue weighted by atomic mass is 9.94. The van der Waals surface area contributed by atoms with Crippen LogP contribution in [0.2, 0.25) is 0 Å².